The summed E-state index contributed by atoms with van der Waals surface area (Å²) in [5.41, 5.74) is 3.79. The third kappa shape index (κ3) is 3.47. The van der Waals surface area contributed by atoms with Gasteiger partial charge in [-0.15, -0.1) is 0 Å². The monoisotopic (exact) mass is 313 g/mol. The molecule has 118 valence electrons. The molecule has 0 aromatic heterocycles. The predicted octanol–water partition coefficient (Wildman–Crippen LogP) is 4.51. The maximum atomic E-state index is 11.3. The predicted molar refractivity (Wildman–Crippen MR) is 101 cm³/mol. The molecule has 0 saturated carbocycles. The molecule has 24 heavy (non-hydrogen) atoms. The van der Waals surface area contributed by atoms with Crippen LogP contribution >= 0.6 is 0 Å². The van der Waals surface area contributed by atoms with Crippen LogP contribution < -0.4 is 4.90 Å². The Kier molecular flexibility index (Phi) is 4.35. The first kappa shape index (κ1) is 15.8. The van der Waals surface area contributed by atoms with Crippen LogP contribution in [0.2, 0.25) is 0 Å². The molecule has 0 N–H and O–H groups in total. The van der Waals surface area contributed by atoms with Crippen LogP contribution in [0.4, 0.5) is 5.69 Å². The minimum atomic E-state index is 0.0705. The molecule has 2 nitrogen and oxygen atoms in total. The summed E-state index contributed by atoms with van der Waals surface area (Å²) in [6.07, 6.45) is 0. The molecule has 0 radical (unpaired) electrons. The van der Waals surface area contributed by atoms with Crippen molar-refractivity contribution in [3.05, 3.63) is 77.4 Å². The molecule has 0 bridgehead atoms. The van der Waals surface area contributed by atoms with E-state index in [2.05, 4.69) is 47.1 Å². The average Bonchev–Trinajstić information content (AvgIpc) is 2.59. The molecule has 0 spiro atoms. The zero-order chi connectivity index (χ0) is 17.1. The van der Waals surface area contributed by atoms with Crippen molar-refractivity contribution in [2.75, 3.05) is 19.0 Å². The van der Waals surface area contributed by atoms with Crippen molar-refractivity contribution in [1.29, 1.82) is 0 Å². The summed E-state index contributed by atoms with van der Waals surface area (Å²) in [5, 5.41) is 2.39. The van der Waals surface area contributed by atoms with Crippen LogP contribution in [0, 0.1) is 11.8 Å². The van der Waals surface area contributed by atoms with Crippen LogP contribution in [0.25, 0.3) is 10.8 Å². The normalized spacial score (nSPS) is 10.1. The Labute approximate surface area is 142 Å². The topological polar surface area (TPSA) is 20.3 Å². The molecule has 0 fully saturated rings. The first-order valence-corrected chi connectivity index (χ1v) is 7.87. The first-order valence-electron chi connectivity index (χ1n) is 7.87. The highest BCUT2D eigenvalue weighted by atomic mass is 16.1. The second-order valence-electron chi connectivity index (χ2n) is 6.02. The summed E-state index contributed by atoms with van der Waals surface area (Å²) in [4.78, 5) is 13.4. The van der Waals surface area contributed by atoms with E-state index in [1.165, 1.54) is 16.5 Å². The van der Waals surface area contributed by atoms with Gasteiger partial charge in [0, 0.05) is 36.5 Å². The number of hydrogen-bond acceptors (Lipinski definition) is 2. The van der Waals surface area contributed by atoms with Crippen LogP contribution in [0.5, 0.6) is 0 Å². The number of carbonyl (C=O) groups is 1. The van der Waals surface area contributed by atoms with Crippen LogP contribution in [0.15, 0.2) is 60.7 Å². The number of nitrogens with zero attached hydrogens (tertiary/aromatic N) is 1. The number of Topliss-reactive ketones (excluding diaryl/α,β-unsaturated/α-hetero) is 1. The van der Waals surface area contributed by atoms with Gasteiger partial charge in [-0.25, -0.2) is 0 Å². The molecule has 0 heterocycles. The van der Waals surface area contributed by atoms with Gasteiger partial charge >= 0.3 is 0 Å². The zero-order valence-electron chi connectivity index (χ0n) is 14.1. The van der Waals surface area contributed by atoms with Crippen molar-refractivity contribution < 1.29 is 4.79 Å². The Morgan fingerprint density at radius 2 is 1.38 bits per heavy atom. The van der Waals surface area contributed by atoms with Crippen LogP contribution in [-0.2, 0) is 0 Å². The molecule has 0 unspecified atom stereocenters. The van der Waals surface area contributed by atoms with Crippen LogP contribution in [0.1, 0.15) is 28.4 Å². The van der Waals surface area contributed by atoms with Crippen LogP contribution in [-0.4, -0.2) is 19.9 Å². The number of carbonyl (C=O) groups excluding carboxylic acids is 1. The molecule has 3 aromatic rings. The number of benzene rings is 3. The van der Waals surface area contributed by atoms with E-state index >= 15 is 0 Å². The van der Waals surface area contributed by atoms with E-state index in [1.54, 1.807) is 6.92 Å². The number of ketones is 1. The fourth-order valence-corrected chi connectivity index (χ4v) is 2.52. The number of fused-ring (bicyclic) bond motifs is 1. The Balaban J connectivity index is 1.88. The van der Waals surface area contributed by atoms with E-state index < -0.39 is 0 Å². The maximum absolute atomic E-state index is 11.3. The molecule has 0 aliphatic rings. The molecule has 0 saturated heterocycles. The van der Waals surface area contributed by atoms with Crippen LogP contribution in [0.3, 0.4) is 0 Å². The van der Waals surface area contributed by atoms with E-state index in [0.29, 0.717) is 5.56 Å². The van der Waals surface area contributed by atoms with E-state index in [1.807, 2.05) is 44.4 Å². The van der Waals surface area contributed by atoms with E-state index in [-0.39, 0.29) is 5.78 Å². The highest BCUT2D eigenvalue weighted by Gasteiger charge is 2.00. The second kappa shape index (κ2) is 6.60. The van der Waals surface area contributed by atoms with Gasteiger partial charge in [0.05, 0.1) is 0 Å². The Morgan fingerprint density at radius 1 is 0.792 bits per heavy atom. The lowest BCUT2D eigenvalue weighted by atomic mass is 10.1. The summed E-state index contributed by atoms with van der Waals surface area (Å²) in [6, 6.07) is 20.0. The number of hydrogen-bond donors (Lipinski definition) is 0. The Hall–Kier alpha value is -3.05. The van der Waals surface area contributed by atoms with Gasteiger partial charge in [0.25, 0.3) is 0 Å². The Bertz CT molecular complexity index is 957. The van der Waals surface area contributed by atoms with Gasteiger partial charge in [0.2, 0.25) is 0 Å². The summed E-state index contributed by atoms with van der Waals surface area (Å²) >= 11 is 0. The minimum Gasteiger partial charge on any atom is -0.378 e. The SMILES string of the molecule is CC(=O)c1ccc(C#Cc2ccc3cc(N(C)C)ccc3c2)cc1. The lowest BCUT2D eigenvalue weighted by Gasteiger charge is -2.13. The van der Waals surface area contributed by atoms with Gasteiger partial charge in [0.15, 0.2) is 5.78 Å². The van der Waals surface area contributed by atoms with Crippen molar-refractivity contribution >= 4 is 22.2 Å². The minimum absolute atomic E-state index is 0.0705. The second-order valence-corrected chi connectivity index (χ2v) is 6.02. The van der Waals surface area contributed by atoms with Gasteiger partial charge in [-0.2, -0.15) is 0 Å². The molecule has 0 amide bonds. The van der Waals surface area contributed by atoms with E-state index in [4.69, 9.17) is 0 Å². The number of anilines is 1. The third-order valence-corrected chi connectivity index (χ3v) is 3.98. The lowest BCUT2D eigenvalue weighted by molar-refractivity contribution is 0.101. The maximum Gasteiger partial charge on any atom is 0.159 e. The molecular weight excluding hydrogens is 294 g/mol. The van der Waals surface area contributed by atoms with Gasteiger partial charge in [-0.3, -0.25) is 4.79 Å². The molecule has 3 rings (SSSR count). The lowest BCUT2D eigenvalue weighted by Crippen LogP contribution is -2.07. The molecule has 2 heteroatoms. The molecule has 0 atom stereocenters. The van der Waals surface area contributed by atoms with E-state index in [9.17, 15) is 4.79 Å². The highest BCUT2D eigenvalue weighted by molar-refractivity contribution is 5.94. The smallest absolute Gasteiger partial charge is 0.159 e. The fraction of sp³-hybridized carbons (Fsp3) is 0.136. The summed E-state index contributed by atoms with van der Waals surface area (Å²) < 4.78 is 0. The van der Waals surface area contributed by atoms with Gasteiger partial charge in [-0.05, 0) is 54.1 Å². The highest BCUT2D eigenvalue weighted by Crippen LogP contribution is 2.21. The average molecular weight is 313 g/mol. The standard InChI is InChI=1S/C22H19NO/c1-16(24)19-9-6-17(7-10-19)4-5-18-8-11-21-15-22(23(2)3)13-12-20(21)14-18/h6-15H,1-3H3. The first-order chi connectivity index (χ1) is 11.5. The van der Waals surface area contributed by atoms with E-state index in [0.717, 1.165) is 11.1 Å². The molecule has 3 aromatic carbocycles. The molecule has 0 aliphatic heterocycles. The summed E-state index contributed by atoms with van der Waals surface area (Å²) in [7, 11) is 4.08. The largest absolute Gasteiger partial charge is 0.378 e. The van der Waals surface area contributed by atoms with Crippen molar-refractivity contribution in [1.82, 2.24) is 0 Å². The van der Waals surface area contributed by atoms with Crippen molar-refractivity contribution in [2.45, 2.75) is 6.92 Å². The summed E-state index contributed by atoms with van der Waals surface area (Å²) in [6.45, 7) is 1.57. The summed E-state index contributed by atoms with van der Waals surface area (Å²) in [5.74, 6) is 6.42. The molecule has 0 aliphatic carbocycles. The van der Waals surface area contributed by atoms with Crippen molar-refractivity contribution in [3.8, 4) is 11.8 Å². The fourth-order valence-electron chi connectivity index (χ4n) is 2.52. The van der Waals surface area contributed by atoms with Gasteiger partial charge in [0.1, 0.15) is 0 Å². The quantitative estimate of drug-likeness (QED) is 0.512. The number of rotatable bonds is 2. The molecular formula is C22H19NO. The van der Waals surface area contributed by atoms with Gasteiger partial charge in [-0.1, -0.05) is 36.1 Å². The van der Waals surface area contributed by atoms with Gasteiger partial charge < -0.3 is 4.90 Å². The van der Waals surface area contributed by atoms with Crippen molar-refractivity contribution in [3.63, 3.8) is 0 Å². The Morgan fingerprint density at radius 3 is 2.04 bits per heavy atom. The third-order valence-electron chi connectivity index (χ3n) is 3.98. The zero-order valence-corrected chi connectivity index (χ0v) is 14.1. The van der Waals surface area contributed by atoms with Crippen molar-refractivity contribution in [2.24, 2.45) is 0 Å².